The molecular formula is C21H15Cl2N3O2S2. The molecule has 152 valence electrons. The molecule has 30 heavy (non-hydrogen) atoms. The third kappa shape index (κ3) is 4.34. The highest BCUT2D eigenvalue weighted by atomic mass is 35.5. The average Bonchev–Trinajstić information content (AvgIpc) is 3.37. The number of benzene rings is 2. The number of halogens is 2. The molecule has 0 saturated heterocycles. The van der Waals surface area contributed by atoms with Gasteiger partial charge in [-0.05, 0) is 36.4 Å². The maximum atomic E-state index is 12.8. The van der Waals surface area contributed by atoms with E-state index in [2.05, 4.69) is 10.3 Å². The molecule has 0 radical (unpaired) electrons. The molecule has 0 saturated carbocycles. The van der Waals surface area contributed by atoms with Crippen molar-refractivity contribution in [3.8, 4) is 9.88 Å². The predicted octanol–water partition coefficient (Wildman–Crippen LogP) is 6.04. The summed E-state index contributed by atoms with van der Waals surface area (Å²) in [4.78, 5) is 32.6. The van der Waals surface area contributed by atoms with Crippen LogP contribution in [0.15, 0.2) is 54.6 Å². The van der Waals surface area contributed by atoms with Crippen molar-refractivity contribution < 1.29 is 9.59 Å². The number of anilines is 1. The van der Waals surface area contributed by atoms with Crippen molar-refractivity contribution in [2.75, 3.05) is 18.9 Å². The SMILES string of the molecule is CN(CC(=O)Nc1c(Cl)cccc1Cl)C(=O)c1ccc(-c2nc3ccccc3s2)s1. The number of thiophene rings is 1. The smallest absolute Gasteiger partial charge is 0.264 e. The van der Waals surface area contributed by atoms with Crippen molar-refractivity contribution >= 4 is 73.6 Å². The van der Waals surface area contributed by atoms with Gasteiger partial charge in [0.1, 0.15) is 5.01 Å². The zero-order valence-corrected chi connectivity index (χ0v) is 18.8. The number of carbonyl (C=O) groups excluding carboxylic acids is 2. The van der Waals surface area contributed by atoms with Crippen LogP contribution in [0.25, 0.3) is 20.1 Å². The van der Waals surface area contributed by atoms with E-state index < -0.39 is 0 Å². The molecule has 0 aliphatic heterocycles. The van der Waals surface area contributed by atoms with Gasteiger partial charge in [0.15, 0.2) is 0 Å². The topological polar surface area (TPSA) is 62.3 Å². The Morgan fingerprint density at radius 3 is 2.47 bits per heavy atom. The number of thiazole rings is 1. The summed E-state index contributed by atoms with van der Waals surface area (Å²) in [6.07, 6.45) is 0. The summed E-state index contributed by atoms with van der Waals surface area (Å²) in [6, 6.07) is 16.5. The number of aromatic nitrogens is 1. The molecule has 0 fully saturated rings. The Balaban J connectivity index is 1.45. The van der Waals surface area contributed by atoms with Crippen LogP contribution in [-0.4, -0.2) is 35.3 Å². The molecule has 0 aliphatic carbocycles. The fraction of sp³-hybridized carbons (Fsp3) is 0.0952. The lowest BCUT2D eigenvalue weighted by atomic mass is 10.3. The summed E-state index contributed by atoms with van der Waals surface area (Å²) >= 11 is 15.1. The van der Waals surface area contributed by atoms with Gasteiger partial charge in [-0.2, -0.15) is 0 Å². The van der Waals surface area contributed by atoms with E-state index >= 15 is 0 Å². The minimum atomic E-state index is -0.385. The summed E-state index contributed by atoms with van der Waals surface area (Å²) in [5, 5.41) is 4.20. The second kappa shape index (κ2) is 8.73. The van der Waals surface area contributed by atoms with Crippen LogP contribution in [0.5, 0.6) is 0 Å². The summed E-state index contributed by atoms with van der Waals surface area (Å²) in [5.41, 5.74) is 1.27. The Hall–Kier alpha value is -2.45. The standard InChI is InChI=1S/C21H15Cl2N3O2S2/c1-26(11-18(27)25-19-12(22)5-4-6-13(19)23)21(28)17-10-9-16(29-17)20-24-14-7-2-3-8-15(14)30-20/h2-10H,11H2,1H3,(H,25,27). The number of nitrogens with zero attached hydrogens (tertiary/aromatic N) is 2. The van der Waals surface area contributed by atoms with Crippen molar-refractivity contribution in [1.82, 2.24) is 9.88 Å². The molecule has 4 aromatic rings. The number of fused-ring (bicyclic) bond motifs is 1. The molecule has 9 heteroatoms. The Labute approximate surface area is 190 Å². The first kappa shape index (κ1) is 20.8. The number of carbonyl (C=O) groups is 2. The number of rotatable bonds is 5. The summed E-state index contributed by atoms with van der Waals surface area (Å²) < 4.78 is 1.10. The Kier molecular flexibility index (Phi) is 6.06. The van der Waals surface area contributed by atoms with Gasteiger partial charge in [0, 0.05) is 7.05 Å². The van der Waals surface area contributed by atoms with Crippen molar-refractivity contribution in [3.05, 3.63) is 69.5 Å². The van der Waals surface area contributed by atoms with E-state index in [4.69, 9.17) is 23.2 Å². The molecule has 0 atom stereocenters. The van der Waals surface area contributed by atoms with E-state index in [9.17, 15) is 9.59 Å². The summed E-state index contributed by atoms with van der Waals surface area (Å²) in [6.45, 7) is -0.130. The lowest BCUT2D eigenvalue weighted by Gasteiger charge is -2.16. The van der Waals surface area contributed by atoms with Gasteiger partial charge < -0.3 is 10.2 Å². The number of amides is 2. The van der Waals surface area contributed by atoms with Gasteiger partial charge >= 0.3 is 0 Å². The average molecular weight is 476 g/mol. The zero-order valence-electron chi connectivity index (χ0n) is 15.7. The number of para-hydroxylation sites is 2. The van der Waals surface area contributed by atoms with Gasteiger partial charge in [0.05, 0.1) is 42.2 Å². The highest BCUT2D eigenvalue weighted by molar-refractivity contribution is 7.26. The van der Waals surface area contributed by atoms with Crippen LogP contribution in [0.3, 0.4) is 0 Å². The van der Waals surface area contributed by atoms with Gasteiger partial charge in [0.25, 0.3) is 5.91 Å². The van der Waals surface area contributed by atoms with E-state index in [-0.39, 0.29) is 18.4 Å². The van der Waals surface area contributed by atoms with Crippen LogP contribution >= 0.6 is 45.9 Å². The van der Waals surface area contributed by atoms with E-state index in [1.165, 1.54) is 16.2 Å². The van der Waals surface area contributed by atoms with E-state index in [0.717, 1.165) is 20.1 Å². The highest BCUT2D eigenvalue weighted by Gasteiger charge is 2.19. The van der Waals surface area contributed by atoms with Crippen LogP contribution in [0.1, 0.15) is 9.67 Å². The Morgan fingerprint density at radius 2 is 1.73 bits per heavy atom. The number of nitrogens with one attached hydrogen (secondary N) is 1. The van der Waals surface area contributed by atoms with Crippen LogP contribution in [0.4, 0.5) is 5.69 Å². The molecule has 4 rings (SSSR count). The van der Waals surface area contributed by atoms with Crippen molar-refractivity contribution in [3.63, 3.8) is 0 Å². The van der Waals surface area contributed by atoms with Crippen LogP contribution < -0.4 is 5.32 Å². The van der Waals surface area contributed by atoms with Gasteiger partial charge in [-0.3, -0.25) is 9.59 Å². The monoisotopic (exact) mass is 475 g/mol. The van der Waals surface area contributed by atoms with Crippen molar-refractivity contribution in [2.45, 2.75) is 0 Å². The molecular weight excluding hydrogens is 461 g/mol. The van der Waals surface area contributed by atoms with E-state index in [1.54, 1.807) is 42.6 Å². The van der Waals surface area contributed by atoms with Crippen LogP contribution in [0.2, 0.25) is 10.0 Å². The Bertz CT molecular complexity index is 1200. The maximum Gasteiger partial charge on any atom is 0.264 e. The number of likely N-dealkylation sites (N-methyl/N-ethyl adjacent to an activating group) is 1. The number of hydrogen-bond donors (Lipinski definition) is 1. The molecule has 2 amide bonds. The normalized spacial score (nSPS) is 10.9. The van der Waals surface area contributed by atoms with E-state index in [0.29, 0.717) is 20.6 Å². The second-order valence-corrected chi connectivity index (χ2v) is 9.39. The molecule has 0 unspecified atom stereocenters. The zero-order chi connectivity index (χ0) is 21.3. The molecule has 2 heterocycles. The first-order valence-electron chi connectivity index (χ1n) is 8.87. The molecule has 0 bridgehead atoms. The Morgan fingerprint density at radius 1 is 1.00 bits per heavy atom. The molecule has 2 aromatic heterocycles. The van der Waals surface area contributed by atoms with E-state index in [1.807, 2.05) is 30.3 Å². The largest absolute Gasteiger partial charge is 0.332 e. The van der Waals surface area contributed by atoms with Gasteiger partial charge in [0.2, 0.25) is 5.91 Å². The molecule has 0 spiro atoms. The maximum absolute atomic E-state index is 12.8. The van der Waals surface area contributed by atoms with Gasteiger partial charge in [-0.25, -0.2) is 4.98 Å². The molecule has 1 N–H and O–H groups in total. The molecule has 5 nitrogen and oxygen atoms in total. The lowest BCUT2D eigenvalue weighted by Crippen LogP contribution is -2.34. The highest BCUT2D eigenvalue weighted by Crippen LogP contribution is 2.35. The van der Waals surface area contributed by atoms with Gasteiger partial charge in [-0.1, -0.05) is 41.4 Å². The number of hydrogen-bond acceptors (Lipinski definition) is 5. The molecule has 2 aromatic carbocycles. The first-order chi connectivity index (χ1) is 14.4. The fourth-order valence-corrected chi connectivity index (χ4v) is 5.33. The minimum Gasteiger partial charge on any atom is -0.332 e. The van der Waals surface area contributed by atoms with Crippen LogP contribution in [0, 0.1) is 0 Å². The van der Waals surface area contributed by atoms with Crippen molar-refractivity contribution in [2.24, 2.45) is 0 Å². The van der Waals surface area contributed by atoms with Crippen LogP contribution in [-0.2, 0) is 4.79 Å². The third-order valence-corrected chi connectivity index (χ3v) is 7.18. The predicted molar refractivity (Wildman–Crippen MR) is 125 cm³/mol. The second-order valence-electron chi connectivity index (χ2n) is 6.46. The summed E-state index contributed by atoms with van der Waals surface area (Å²) in [5.74, 6) is -0.628. The first-order valence-corrected chi connectivity index (χ1v) is 11.3. The quantitative estimate of drug-likeness (QED) is 0.382. The van der Waals surface area contributed by atoms with Gasteiger partial charge in [-0.15, -0.1) is 22.7 Å². The third-order valence-electron chi connectivity index (χ3n) is 4.28. The lowest BCUT2D eigenvalue weighted by molar-refractivity contribution is -0.116. The minimum absolute atomic E-state index is 0.130. The molecule has 0 aliphatic rings. The summed E-state index contributed by atoms with van der Waals surface area (Å²) in [7, 11) is 1.58. The van der Waals surface area contributed by atoms with Crippen molar-refractivity contribution in [1.29, 1.82) is 0 Å². The fourth-order valence-electron chi connectivity index (χ4n) is 2.82.